The Kier molecular flexibility index (Phi) is 7.47. The van der Waals surface area contributed by atoms with Gasteiger partial charge in [0, 0.05) is 12.4 Å². The maximum absolute atomic E-state index is 12.8. The van der Waals surface area contributed by atoms with Crippen molar-refractivity contribution in [1.82, 2.24) is 15.3 Å². The summed E-state index contributed by atoms with van der Waals surface area (Å²) in [5, 5.41) is 12.7. The quantitative estimate of drug-likeness (QED) is 0.545. The molecule has 2 fully saturated rings. The molecule has 0 radical (unpaired) electrons. The highest BCUT2D eigenvalue weighted by Gasteiger charge is 2.42. The number of aromatic nitrogens is 2. The molecule has 5 atom stereocenters. The number of aliphatic hydroxyl groups excluding tert-OH is 1. The van der Waals surface area contributed by atoms with Gasteiger partial charge in [0.05, 0.1) is 43.3 Å². The summed E-state index contributed by atoms with van der Waals surface area (Å²) in [5.74, 6) is -0.267. The number of benzene rings is 2. The smallest absolute Gasteiger partial charge is 0.271 e. The summed E-state index contributed by atoms with van der Waals surface area (Å²) in [7, 11) is 0. The van der Waals surface area contributed by atoms with Gasteiger partial charge >= 0.3 is 0 Å². The van der Waals surface area contributed by atoms with E-state index in [4.69, 9.17) is 9.47 Å². The molecule has 2 N–H and O–H groups in total. The zero-order valence-electron chi connectivity index (χ0n) is 19.6. The van der Waals surface area contributed by atoms with Crippen LogP contribution in [0.2, 0.25) is 0 Å². The molecule has 2 saturated heterocycles. The second-order valence-corrected chi connectivity index (χ2v) is 9.28. The minimum absolute atomic E-state index is 0.00224. The van der Waals surface area contributed by atoms with E-state index in [9.17, 15) is 9.90 Å². The minimum atomic E-state index is -0.267. The fourth-order valence-corrected chi connectivity index (χ4v) is 5.04. The van der Waals surface area contributed by atoms with E-state index in [-0.39, 0.29) is 48.7 Å². The molecule has 0 saturated carbocycles. The monoisotopic (exact) mass is 473 g/mol. The molecule has 0 unspecified atom stereocenters. The summed E-state index contributed by atoms with van der Waals surface area (Å²) >= 11 is 0. The summed E-state index contributed by atoms with van der Waals surface area (Å²) in [6, 6.07) is 18.7. The number of nitrogens with zero attached hydrogens (tertiary/aromatic N) is 2. The second-order valence-electron chi connectivity index (χ2n) is 9.28. The van der Waals surface area contributed by atoms with E-state index in [1.165, 1.54) is 29.1 Å². The van der Waals surface area contributed by atoms with Crippen LogP contribution in [0, 0.1) is 0 Å². The minimum Gasteiger partial charge on any atom is -0.394 e. The maximum Gasteiger partial charge on any atom is 0.271 e. The average molecular weight is 474 g/mol. The summed E-state index contributed by atoms with van der Waals surface area (Å²) in [6.45, 7) is 0.00224. The van der Waals surface area contributed by atoms with Crippen molar-refractivity contribution >= 4 is 5.91 Å². The largest absolute Gasteiger partial charge is 0.394 e. The van der Waals surface area contributed by atoms with Crippen LogP contribution in [-0.2, 0) is 15.9 Å². The lowest BCUT2D eigenvalue weighted by atomic mass is 9.88. The Morgan fingerprint density at radius 2 is 1.77 bits per heavy atom. The van der Waals surface area contributed by atoms with Crippen molar-refractivity contribution in [2.45, 2.75) is 62.6 Å². The van der Waals surface area contributed by atoms with E-state index in [0.717, 1.165) is 25.7 Å². The Bertz CT molecular complexity index is 1090. The molecular formula is C28H31N3O4. The molecule has 7 heteroatoms. The molecule has 1 amide bonds. The van der Waals surface area contributed by atoms with E-state index in [2.05, 4.69) is 51.7 Å². The molecule has 35 heavy (non-hydrogen) atoms. The first kappa shape index (κ1) is 23.6. The molecule has 2 aliphatic heterocycles. The third-order valence-electron chi connectivity index (χ3n) is 6.93. The molecule has 3 aromatic rings. The number of aliphatic hydroxyl groups is 1. The number of carbonyl (C=O) groups excluding carboxylic acids is 1. The molecule has 182 valence electrons. The first-order valence-corrected chi connectivity index (χ1v) is 12.3. The fourth-order valence-electron chi connectivity index (χ4n) is 5.04. The van der Waals surface area contributed by atoms with Crippen LogP contribution >= 0.6 is 0 Å². The highest BCUT2D eigenvalue weighted by molar-refractivity contribution is 5.92. The van der Waals surface area contributed by atoms with Gasteiger partial charge in [-0.05, 0) is 48.8 Å². The van der Waals surface area contributed by atoms with Crippen molar-refractivity contribution in [2.24, 2.45) is 0 Å². The normalized spacial score (nSPS) is 26.0. The highest BCUT2D eigenvalue weighted by atomic mass is 16.6. The maximum atomic E-state index is 12.8. The number of aryl methyl sites for hydroxylation is 1. The summed E-state index contributed by atoms with van der Waals surface area (Å²) in [6.07, 6.45) is 7.94. The standard InChI is InChI=1S/C28H31N3O4/c32-18-22-11-13-26-27(34-22)16-23(31-28(33)24-17-29-14-15-30-24)25(35-26)12-8-19-6-9-21(10-7-19)20-4-2-1-3-5-20/h1-7,9-10,14-15,17,22-23,25-27,32H,8,11-13,16,18H2,(H,31,33)/t22-,23-,25-,26+,27+/m1/s1. The van der Waals surface area contributed by atoms with Gasteiger partial charge in [-0.1, -0.05) is 54.6 Å². The molecular weight excluding hydrogens is 442 g/mol. The van der Waals surface area contributed by atoms with Gasteiger partial charge in [0.15, 0.2) is 0 Å². The van der Waals surface area contributed by atoms with Gasteiger partial charge in [0.2, 0.25) is 0 Å². The van der Waals surface area contributed by atoms with E-state index in [1.807, 2.05) is 18.2 Å². The van der Waals surface area contributed by atoms with Crippen LogP contribution in [0.25, 0.3) is 11.1 Å². The van der Waals surface area contributed by atoms with E-state index in [1.54, 1.807) is 6.20 Å². The average Bonchev–Trinajstić information content (AvgIpc) is 2.92. The Balaban J connectivity index is 1.27. The number of rotatable bonds is 7. The molecule has 0 spiro atoms. The van der Waals surface area contributed by atoms with Crippen LogP contribution in [0.3, 0.4) is 0 Å². The number of hydrogen-bond acceptors (Lipinski definition) is 6. The van der Waals surface area contributed by atoms with Crippen molar-refractivity contribution in [3.05, 3.63) is 84.4 Å². The Morgan fingerprint density at radius 1 is 0.971 bits per heavy atom. The molecule has 5 rings (SSSR count). The molecule has 7 nitrogen and oxygen atoms in total. The lowest BCUT2D eigenvalue weighted by molar-refractivity contribution is -0.201. The number of nitrogens with one attached hydrogen (secondary N) is 1. The molecule has 1 aromatic heterocycles. The molecule has 2 aromatic carbocycles. The van der Waals surface area contributed by atoms with Crippen LogP contribution in [0.5, 0.6) is 0 Å². The van der Waals surface area contributed by atoms with E-state index in [0.29, 0.717) is 6.42 Å². The lowest BCUT2D eigenvalue weighted by Crippen LogP contribution is -2.57. The molecule has 0 bridgehead atoms. The van der Waals surface area contributed by atoms with Crippen molar-refractivity contribution in [3.8, 4) is 11.1 Å². The van der Waals surface area contributed by atoms with Crippen molar-refractivity contribution in [3.63, 3.8) is 0 Å². The zero-order valence-corrected chi connectivity index (χ0v) is 19.6. The Morgan fingerprint density at radius 3 is 2.51 bits per heavy atom. The van der Waals surface area contributed by atoms with Gasteiger partial charge in [-0.25, -0.2) is 4.98 Å². The molecule has 2 aliphatic rings. The summed E-state index contributed by atoms with van der Waals surface area (Å²) < 4.78 is 12.6. The van der Waals surface area contributed by atoms with E-state index >= 15 is 0 Å². The second kappa shape index (κ2) is 11.1. The SMILES string of the molecule is O=C(N[C@@H]1C[C@@H]2O[C@@H](CO)CC[C@@H]2O[C@@H]1CCc1ccc(-c2ccccc2)cc1)c1cnccn1. The first-order chi connectivity index (χ1) is 17.2. The first-order valence-electron chi connectivity index (χ1n) is 12.3. The predicted octanol–water partition coefficient (Wildman–Crippen LogP) is 3.57. The van der Waals surface area contributed by atoms with E-state index < -0.39 is 0 Å². The summed E-state index contributed by atoms with van der Waals surface area (Å²) in [4.78, 5) is 21.0. The third kappa shape index (κ3) is 5.75. The molecule has 3 heterocycles. The Hall–Kier alpha value is -3.13. The van der Waals surface area contributed by atoms with Gasteiger partial charge in [-0.2, -0.15) is 0 Å². The number of fused-ring (bicyclic) bond motifs is 1. The highest BCUT2D eigenvalue weighted by Crippen LogP contribution is 2.33. The third-order valence-corrected chi connectivity index (χ3v) is 6.93. The number of carbonyl (C=O) groups is 1. The van der Waals surface area contributed by atoms with Gasteiger partial charge < -0.3 is 19.9 Å². The van der Waals surface area contributed by atoms with Crippen LogP contribution in [-0.4, -0.2) is 58.0 Å². The van der Waals surface area contributed by atoms with Gasteiger partial charge in [-0.3, -0.25) is 9.78 Å². The van der Waals surface area contributed by atoms with Gasteiger partial charge in [0.1, 0.15) is 5.69 Å². The van der Waals surface area contributed by atoms with Crippen LogP contribution in [0.15, 0.2) is 73.2 Å². The van der Waals surface area contributed by atoms with Crippen LogP contribution in [0.4, 0.5) is 0 Å². The van der Waals surface area contributed by atoms with Crippen molar-refractivity contribution < 1.29 is 19.4 Å². The Labute approximate surface area is 205 Å². The zero-order chi connectivity index (χ0) is 24.0. The van der Waals surface area contributed by atoms with Crippen LogP contribution < -0.4 is 5.32 Å². The topological polar surface area (TPSA) is 93.6 Å². The number of hydrogen-bond donors (Lipinski definition) is 2. The van der Waals surface area contributed by atoms with Crippen molar-refractivity contribution in [1.29, 1.82) is 0 Å². The van der Waals surface area contributed by atoms with Crippen LogP contribution in [0.1, 0.15) is 41.7 Å². The van der Waals surface area contributed by atoms with Crippen molar-refractivity contribution in [2.75, 3.05) is 6.61 Å². The fraction of sp³-hybridized carbons (Fsp3) is 0.393. The van der Waals surface area contributed by atoms with Gasteiger partial charge in [-0.15, -0.1) is 0 Å². The predicted molar refractivity (Wildman–Crippen MR) is 132 cm³/mol. The number of amides is 1. The molecule has 0 aliphatic carbocycles. The van der Waals surface area contributed by atoms with Gasteiger partial charge in [0.25, 0.3) is 5.91 Å². The summed E-state index contributed by atoms with van der Waals surface area (Å²) in [5.41, 5.74) is 3.90. The number of ether oxygens (including phenoxy) is 2. The lowest BCUT2D eigenvalue weighted by Gasteiger charge is -2.45.